The quantitative estimate of drug-likeness (QED) is 0.800. The molecule has 1 N–H and O–H groups in total. The van der Waals surface area contributed by atoms with Gasteiger partial charge in [0.1, 0.15) is 18.1 Å². The van der Waals surface area contributed by atoms with Crippen molar-refractivity contribution >= 4 is 0 Å². The highest BCUT2D eigenvalue weighted by Gasteiger charge is 2.20. The fourth-order valence-electron chi connectivity index (χ4n) is 2.69. The molecule has 1 aromatic rings. The van der Waals surface area contributed by atoms with Gasteiger partial charge in [0.2, 0.25) is 0 Å². The number of aliphatic hydroxyl groups is 1. The van der Waals surface area contributed by atoms with Gasteiger partial charge in [-0.25, -0.2) is 0 Å². The first-order chi connectivity index (χ1) is 10.3. The summed E-state index contributed by atoms with van der Waals surface area (Å²) < 4.78 is 11.3. The summed E-state index contributed by atoms with van der Waals surface area (Å²) in [7, 11) is 0. The van der Waals surface area contributed by atoms with Gasteiger partial charge in [0.25, 0.3) is 0 Å². The highest BCUT2D eigenvalue weighted by atomic mass is 16.5. The molecule has 1 atom stereocenters. The maximum Gasteiger partial charge on any atom is 0.119 e. The van der Waals surface area contributed by atoms with E-state index in [4.69, 9.17) is 9.47 Å². The van der Waals surface area contributed by atoms with E-state index in [0.29, 0.717) is 12.6 Å². The Hall–Kier alpha value is -1.26. The number of piperidine rings is 1. The Kier molecular flexibility index (Phi) is 6.83. The van der Waals surface area contributed by atoms with Crippen molar-refractivity contribution in [1.82, 2.24) is 4.90 Å². The SMILES string of the molecule is CCCOc1ccc(OCCN2CCCCC2CO)cc1. The van der Waals surface area contributed by atoms with Gasteiger partial charge < -0.3 is 14.6 Å². The van der Waals surface area contributed by atoms with Crippen molar-refractivity contribution < 1.29 is 14.6 Å². The van der Waals surface area contributed by atoms with E-state index in [-0.39, 0.29) is 6.61 Å². The number of hydrogen-bond donors (Lipinski definition) is 1. The topological polar surface area (TPSA) is 41.9 Å². The first-order valence-electron chi connectivity index (χ1n) is 8.04. The van der Waals surface area contributed by atoms with Crippen LogP contribution in [0.5, 0.6) is 11.5 Å². The molecule has 0 aliphatic carbocycles. The van der Waals surface area contributed by atoms with Crippen molar-refractivity contribution in [3.05, 3.63) is 24.3 Å². The van der Waals surface area contributed by atoms with Crippen molar-refractivity contribution in [2.24, 2.45) is 0 Å². The number of ether oxygens (including phenoxy) is 2. The van der Waals surface area contributed by atoms with Gasteiger partial charge in [-0.2, -0.15) is 0 Å². The van der Waals surface area contributed by atoms with Gasteiger partial charge in [-0.15, -0.1) is 0 Å². The molecule has 21 heavy (non-hydrogen) atoms. The molecule has 4 heteroatoms. The standard InChI is InChI=1S/C17H27NO3/c1-2-12-20-16-6-8-17(9-7-16)21-13-11-18-10-4-3-5-15(18)14-19/h6-9,15,19H,2-5,10-14H2,1H3. The van der Waals surface area contributed by atoms with E-state index in [1.165, 1.54) is 12.8 Å². The van der Waals surface area contributed by atoms with E-state index >= 15 is 0 Å². The van der Waals surface area contributed by atoms with Gasteiger partial charge in [0, 0.05) is 12.6 Å². The van der Waals surface area contributed by atoms with E-state index in [1.807, 2.05) is 24.3 Å². The Morgan fingerprint density at radius 3 is 2.38 bits per heavy atom. The van der Waals surface area contributed by atoms with E-state index in [0.717, 1.165) is 44.0 Å². The zero-order chi connectivity index (χ0) is 14.9. The second-order valence-corrected chi connectivity index (χ2v) is 5.54. The van der Waals surface area contributed by atoms with Gasteiger partial charge in [-0.1, -0.05) is 13.3 Å². The van der Waals surface area contributed by atoms with Crippen LogP contribution in [0.2, 0.25) is 0 Å². The van der Waals surface area contributed by atoms with Crippen LogP contribution < -0.4 is 9.47 Å². The minimum absolute atomic E-state index is 0.253. The molecule has 1 heterocycles. The Balaban J connectivity index is 1.72. The van der Waals surface area contributed by atoms with E-state index in [2.05, 4.69) is 11.8 Å². The molecule has 0 radical (unpaired) electrons. The largest absolute Gasteiger partial charge is 0.494 e. The minimum Gasteiger partial charge on any atom is -0.494 e. The zero-order valence-corrected chi connectivity index (χ0v) is 13.0. The smallest absolute Gasteiger partial charge is 0.119 e. The van der Waals surface area contributed by atoms with Crippen molar-refractivity contribution in [2.45, 2.75) is 38.6 Å². The van der Waals surface area contributed by atoms with Crippen LogP contribution in [-0.4, -0.2) is 49.0 Å². The van der Waals surface area contributed by atoms with Crippen molar-refractivity contribution in [3.63, 3.8) is 0 Å². The fourth-order valence-corrected chi connectivity index (χ4v) is 2.69. The summed E-state index contributed by atoms with van der Waals surface area (Å²) in [5, 5.41) is 9.38. The summed E-state index contributed by atoms with van der Waals surface area (Å²) in [6, 6.07) is 8.10. The normalized spacial score (nSPS) is 19.4. The number of benzene rings is 1. The van der Waals surface area contributed by atoms with Crippen LogP contribution in [0.1, 0.15) is 32.6 Å². The molecule has 4 nitrogen and oxygen atoms in total. The van der Waals surface area contributed by atoms with Gasteiger partial charge in [0.15, 0.2) is 0 Å². The van der Waals surface area contributed by atoms with Crippen molar-refractivity contribution in [2.75, 3.05) is 32.9 Å². The lowest BCUT2D eigenvalue weighted by atomic mass is 10.0. The highest BCUT2D eigenvalue weighted by molar-refractivity contribution is 5.31. The number of hydrogen-bond acceptors (Lipinski definition) is 4. The van der Waals surface area contributed by atoms with Gasteiger partial charge in [-0.05, 0) is 50.1 Å². The molecule has 1 aromatic carbocycles. The summed E-state index contributed by atoms with van der Waals surface area (Å²) >= 11 is 0. The number of aliphatic hydroxyl groups excluding tert-OH is 1. The van der Waals surface area contributed by atoms with Gasteiger partial charge in [0.05, 0.1) is 13.2 Å². The maximum absolute atomic E-state index is 9.38. The van der Waals surface area contributed by atoms with Crippen LogP contribution in [0.15, 0.2) is 24.3 Å². The van der Waals surface area contributed by atoms with Crippen LogP contribution in [0, 0.1) is 0 Å². The molecule has 0 amide bonds. The molecule has 1 fully saturated rings. The first-order valence-corrected chi connectivity index (χ1v) is 8.04. The molecule has 1 aliphatic rings. The number of nitrogens with zero attached hydrogens (tertiary/aromatic N) is 1. The summed E-state index contributed by atoms with van der Waals surface area (Å²) in [6.07, 6.45) is 4.56. The molecular weight excluding hydrogens is 266 g/mol. The van der Waals surface area contributed by atoms with Crippen LogP contribution in [0.4, 0.5) is 0 Å². The Morgan fingerprint density at radius 2 is 1.76 bits per heavy atom. The van der Waals surface area contributed by atoms with Gasteiger partial charge in [-0.3, -0.25) is 4.90 Å². The average Bonchev–Trinajstić information content (AvgIpc) is 2.54. The van der Waals surface area contributed by atoms with Crippen molar-refractivity contribution in [1.29, 1.82) is 0 Å². The lowest BCUT2D eigenvalue weighted by Gasteiger charge is -2.34. The predicted octanol–water partition coefficient (Wildman–Crippen LogP) is 2.70. The Morgan fingerprint density at radius 1 is 1.10 bits per heavy atom. The Bertz CT molecular complexity index is 394. The molecule has 0 saturated carbocycles. The van der Waals surface area contributed by atoms with Crippen LogP contribution >= 0.6 is 0 Å². The second-order valence-electron chi connectivity index (χ2n) is 5.54. The molecular formula is C17H27NO3. The average molecular weight is 293 g/mol. The molecule has 0 spiro atoms. The molecule has 2 rings (SSSR count). The van der Waals surface area contributed by atoms with Gasteiger partial charge >= 0.3 is 0 Å². The lowest BCUT2D eigenvalue weighted by molar-refractivity contribution is 0.0773. The fraction of sp³-hybridized carbons (Fsp3) is 0.647. The molecule has 0 bridgehead atoms. The van der Waals surface area contributed by atoms with Crippen LogP contribution in [-0.2, 0) is 0 Å². The molecule has 1 unspecified atom stereocenters. The monoisotopic (exact) mass is 293 g/mol. The summed E-state index contributed by atoms with van der Waals surface area (Å²) in [4.78, 5) is 2.34. The van der Waals surface area contributed by atoms with E-state index < -0.39 is 0 Å². The number of rotatable bonds is 8. The summed E-state index contributed by atoms with van der Waals surface area (Å²) in [5.41, 5.74) is 0. The zero-order valence-electron chi connectivity index (χ0n) is 13.0. The van der Waals surface area contributed by atoms with Crippen LogP contribution in [0.25, 0.3) is 0 Å². The number of likely N-dealkylation sites (tertiary alicyclic amines) is 1. The maximum atomic E-state index is 9.38. The molecule has 1 aliphatic heterocycles. The lowest BCUT2D eigenvalue weighted by Crippen LogP contribution is -2.43. The predicted molar refractivity (Wildman–Crippen MR) is 84.0 cm³/mol. The minimum atomic E-state index is 0.253. The van der Waals surface area contributed by atoms with E-state index in [9.17, 15) is 5.11 Å². The Labute approximate surface area is 127 Å². The highest BCUT2D eigenvalue weighted by Crippen LogP contribution is 2.19. The summed E-state index contributed by atoms with van der Waals surface area (Å²) in [6.45, 7) is 5.70. The summed E-state index contributed by atoms with van der Waals surface area (Å²) in [5.74, 6) is 1.76. The van der Waals surface area contributed by atoms with Crippen molar-refractivity contribution in [3.8, 4) is 11.5 Å². The van der Waals surface area contributed by atoms with E-state index in [1.54, 1.807) is 0 Å². The van der Waals surface area contributed by atoms with Crippen LogP contribution in [0.3, 0.4) is 0 Å². The first kappa shape index (κ1) is 16.1. The molecule has 0 aromatic heterocycles. The molecule has 118 valence electrons. The third-order valence-electron chi connectivity index (χ3n) is 3.90. The second kappa shape index (κ2) is 8.90. The third-order valence-corrected chi connectivity index (χ3v) is 3.90. The third kappa shape index (κ3) is 5.21. The molecule has 1 saturated heterocycles.